The van der Waals surface area contributed by atoms with Crippen LogP contribution in [0.3, 0.4) is 0 Å². The van der Waals surface area contributed by atoms with Gasteiger partial charge in [0.2, 0.25) is 0 Å². The molecule has 0 unspecified atom stereocenters. The molecule has 0 aliphatic rings. The number of aliphatic hydroxyl groups is 1. The monoisotopic (exact) mass is 331 g/mol. The van der Waals surface area contributed by atoms with Gasteiger partial charge in [0.15, 0.2) is 11.5 Å². The fraction of sp³-hybridized carbons (Fsp3) is 0.571. The van der Waals surface area contributed by atoms with Gasteiger partial charge in [-0.2, -0.15) is 0 Å². The zero-order valence-corrected chi connectivity index (χ0v) is 13.3. The molecule has 4 nitrogen and oxygen atoms in total. The molecule has 3 N–H and O–H groups in total. The number of ether oxygens (including phenoxy) is 2. The smallest absolute Gasteiger partial charge is 0.175 e. The lowest BCUT2D eigenvalue weighted by atomic mass is 9.99. The Labute approximate surface area is 123 Å². The number of benzene rings is 1. The molecular formula is C14H22BrNO3. The lowest BCUT2D eigenvalue weighted by Crippen LogP contribution is -2.34. The highest BCUT2D eigenvalue weighted by Crippen LogP contribution is 2.37. The molecule has 5 heteroatoms. The molecule has 0 spiro atoms. The van der Waals surface area contributed by atoms with Crippen molar-refractivity contribution in [2.45, 2.75) is 38.8 Å². The van der Waals surface area contributed by atoms with Crippen LogP contribution in [0.25, 0.3) is 0 Å². The molecule has 0 heterocycles. The average molecular weight is 332 g/mol. The van der Waals surface area contributed by atoms with Crippen LogP contribution in [0.4, 0.5) is 0 Å². The maximum absolute atomic E-state index is 10.2. The van der Waals surface area contributed by atoms with E-state index in [0.717, 1.165) is 10.0 Å². The molecule has 0 atom stereocenters. The highest BCUT2D eigenvalue weighted by atomic mass is 79.9. The van der Waals surface area contributed by atoms with Gasteiger partial charge in [0.05, 0.1) is 17.2 Å². The van der Waals surface area contributed by atoms with Gasteiger partial charge in [-0.25, -0.2) is 0 Å². The number of nitrogens with two attached hydrogens (primary N) is 1. The molecule has 1 rings (SSSR count). The van der Waals surface area contributed by atoms with Crippen LogP contribution in [-0.4, -0.2) is 24.4 Å². The summed E-state index contributed by atoms with van der Waals surface area (Å²) >= 11 is 3.45. The fourth-order valence-electron chi connectivity index (χ4n) is 1.69. The van der Waals surface area contributed by atoms with Crippen LogP contribution in [0, 0.1) is 0 Å². The minimum absolute atomic E-state index is 0.233. The molecule has 0 saturated heterocycles. The Balaban J connectivity index is 2.94. The van der Waals surface area contributed by atoms with Crippen LogP contribution in [0.5, 0.6) is 11.5 Å². The van der Waals surface area contributed by atoms with Crippen molar-refractivity contribution >= 4 is 15.9 Å². The summed E-state index contributed by atoms with van der Waals surface area (Å²) in [5.41, 5.74) is 5.77. The molecule has 0 aliphatic carbocycles. The molecule has 0 saturated carbocycles. The van der Waals surface area contributed by atoms with Crippen LogP contribution in [0.2, 0.25) is 0 Å². The molecule has 0 bridgehead atoms. The first-order valence-electron chi connectivity index (χ1n) is 6.41. The Kier molecular flexibility index (Phi) is 6.10. The van der Waals surface area contributed by atoms with Crippen molar-refractivity contribution in [3.63, 3.8) is 0 Å². The molecule has 108 valence electrons. The third-order valence-corrected chi connectivity index (χ3v) is 3.92. The van der Waals surface area contributed by atoms with E-state index in [2.05, 4.69) is 15.9 Å². The van der Waals surface area contributed by atoms with E-state index < -0.39 is 5.60 Å². The van der Waals surface area contributed by atoms with Crippen LogP contribution < -0.4 is 15.2 Å². The largest absolute Gasteiger partial charge is 0.493 e. The molecule has 0 aromatic heterocycles. The molecule has 0 fully saturated rings. The van der Waals surface area contributed by atoms with Crippen molar-refractivity contribution in [1.29, 1.82) is 0 Å². The SMILES string of the molecule is CCC(O)(CC)COc1c(Br)cc(CN)cc1OC. The predicted octanol–water partition coefficient (Wildman–Crippen LogP) is 2.85. The van der Waals surface area contributed by atoms with E-state index >= 15 is 0 Å². The van der Waals surface area contributed by atoms with E-state index in [0.29, 0.717) is 30.9 Å². The summed E-state index contributed by atoms with van der Waals surface area (Å²) in [5.74, 6) is 1.21. The van der Waals surface area contributed by atoms with Gasteiger partial charge in [-0.1, -0.05) is 13.8 Å². The molecular weight excluding hydrogens is 310 g/mol. The summed E-state index contributed by atoms with van der Waals surface area (Å²) in [6.45, 7) is 4.55. The summed E-state index contributed by atoms with van der Waals surface area (Å²) in [6, 6.07) is 3.74. The van der Waals surface area contributed by atoms with Gasteiger partial charge >= 0.3 is 0 Å². The quantitative estimate of drug-likeness (QED) is 0.806. The van der Waals surface area contributed by atoms with Crippen LogP contribution in [0.1, 0.15) is 32.3 Å². The van der Waals surface area contributed by atoms with E-state index in [4.69, 9.17) is 15.2 Å². The van der Waals surface area contributed by atoms with E-state index in [1.54, 1.807) is 7.11 Å². The Morgan fingerprint density at radius 3 is 2.42 bits per heavy atom. The lowest BCUT2D eigenvalue weighted by Gasteiger charge is -2.26. The minimum atomic E-state index is -0.809. The average Bonchev–Trinajstić information content (AvgIpc) is 2.44. The summed E-state index contributed by atoms with van der Waals surface area (Å²) < 4.78 is 11.8. The number of methoxy groups -OCH3 is 1. The first-order chi connectivity index (χ1) is 8.99. The summed E-state index contributed by atoms with van der Waals surface area (Å²) in [4.78, 5) is 0. The summed E-state index contributed by atoms with van der Waals surface area (Å²) in [5, 5.41) is 10.2. The van der Waals surface area contributed by atoms with E-state index in [1.807, 2.05) is 26.0 Å². The number of rotatable bonds is 7. The van der Waals surface area contributed by atoms with Gasteiger partial charge in [-0.15, -0.1) is 0 Å². The van der Waals surface area contributed by atoms with Crippen molar-refractivity contribution in [1.82, 2.24) is 0 Å². The number of halogens is 1. The van der Waals surface area contributed by atoms with Crippen LogP contribution >= 0.6 is 15.9 Å². The summed E-state index contributed by atoms with van der Waals surface area (Å²) in [7, 11) is 1.58. The zero-order valence-electron chi connectivity index (χ0n) is 11.7. The van der Waals surface area contributed by atoms with E-state index in [9.17, 15) is 5.11 Å². The van der Waals surface area contributed by atoms with E-state index in [-0.39, 0.29) is 6.61 Å². The predicted molar refractivity (Wildman–Crippen MR) is 79.6 cm³/mol. The van der Waals surface area contributed by atoms with Crippen LogP contribution in [-0.2, 0) is 6.54 Å². The zero-order chi connectivity index (χ0) is 14.5. The first-order valence-corrected chi connectivity index (χ1v) is 7.20. The third-order valence-electron chi connectivity index (χ3n) is 3.33. The second-order valence-electron chi connectivity index (χ2n) is 4.53. The number of hydrogen-bond acceptors (Lipinski definition) is 4. The Bertz CT molecular complexity index is 419. The topological polar surface area (TPSA) is 64.7 Å². The Hall–Kier alpha value is -0.780. The Morgan fingerprint density at radius 2 is 1.95 bits per heavy atom. The van der Waals surface area contributed by atoms with Crippen LogP contribution in [0.15, 0.2) is 16.6 Å². The van der Waals surface area contributed by atoms with Crippen molar-refractivity contribution < 1.29 is 14.6 Å². The molecule has 1 aromatic rings. The van der Waals surface area contributed by atoms with Crippen molar-refractivity contribution in [3.05, 3.63) is 22.2 Å². The van der Waals surface area contributed by atoms with E-state index in [1.165, 1.54) is 0 Å². The minimum Gasteiger partial charge on any atom is -0.493 e. The molecule has 0 radical (unpaired) electrons. The molecule has 19 heavy (non-hydrogen) atoms. The maximum Gasteiger partial charge on any atom is 0.175 e. The molecule has 0 amide bonds. The lowest BCUT2D eigenvalue weighted by molar-refractivity contribution is -0.0121. The van der Waals surface area contributed by atoms with Gasteiger partial charge in [0, 0.05) is 6.54 Å². The highest BCUT2D eigenvalue weighted by Gasteiger charge is 2.24. The second kappa shape index (κ2) is 7.12. The van der Waals surface area contributed by atoms with Crippen molar-refractivity contribution in [3.8, 4) is 11.5 Å². The molecule has 1 aromatic carbocycles. The normalized spacial score (nSPS) is 11.5. The summed E-state index contributed by atoms with van der Waals surface area (Å²) in [6.07, 6.45) is 1.29. The second-order valence-corrected chi connectivity index (χ2v) is 5.39. The molecule has 0 aliphatic heterocycles. The Morgan fingerprint density at radius 1 is 1.32 bits per heavy atom. The third kappa shape index (κ3) is 4.09. The number of hydrogen-bond donors (Lipinski definition) is 2. The highest BCUT2D eigenvalue weighted by molar-refractivity contribution is 9.10. The van der Waals surface area contributed by atoms with Gasteiger partial charge in [-0.3, -0.25) is 0 Å². The van der Waals surface area contributed by atoms with Crippen molar-refractivity contribution in [2.24, 2.45) is 5.73 Å². The van der Waals surface area contributed by atoms with Gasteiger partial charge in [0.1, 0.15) is 6.61 Å². The fourth-order valence-corrected chi connectivity index (χ4v) is 2.30. The van der Waals surface area contributed by atoms with Gasteiger partial charge in [-0.05, 0) is 46.5 Å². The standard InChI is InChI=1S/C14H22BrNO3/c1-4-14(17,5-2)9-19-13-11(15)6-10(8-16)7-12(13)18-3/h6-7,17H,4-5,8-9,16H2,1-3H3. The van der Waals surface area contributed by atoms with Crippen molar-refractivity contribution in [2.75, 3.05) is 13.7 Å². The van der Waals surface area contributed by atoms with Gasteiger partial charge in [0.25, 0.3) is 0 Å². The maximum atomic E-state index is 10.2. The first kappa shape index (κ1) is 16.3. The van der Waals surface area contributed by atoms with Gasteiger partial charge < -0.3 is 20.3 Å².